The second kappa shape index (κ2) is 6.72. The number of halogens is 1. The van der Waals surface area contributed by atoms with Crippen molar-refractivity contribution in [3.05, 3.63) is 51.6 Å². The molecule has 2 rings (SSSR count). The fourth-order valence-corrected chi connectivity index (χ4v) is 2.80. The van der Waals surface area contributed by atoms with Gasteiger partial charge in [0.2, 0.25) is 0 Å². The number of hydrogen-bond acceptors (Lipinski definition) is 3. The minimum atomic E-state index is -0.236. The monoisotopic (exact) mass is 348 g/mol. The summed E-state index contributed by atoms with van der Waals surface area (Å²) < 4.78 is 6.45. The number of nitrogens with one attached hydrogen (secondary N) is 1. The van der Waals surface area contributed by atoms with Crippen molar-refractivity contribution in [1.82, 2.24) is 4.98 Å². The Kier molecular flexibility index (Phi) is 4.96. The molecule has 0 atom stereocenters. The van der Waals surface area contributed by atoms with Gasteiger partial charge in [0.1, 0.15) is 11.6 Å². The first-order chi connectivity index (χ1) is 9.95. The summed E-state index contributed by atoms with van der Waals surface area (Å²) in [6.45, 7) is 5.78. The lowest BCUT2D eigenvalue weighted by Gasteiger charge is -2.12. The van der Waals surface area contributed by atoms with Gasteiger partial charge in [0.15, 0.2) is 6.61 Å². The summed E-state index contributed by atoms with van der Waals surface area (Å²) in [4.78, 5) is 16.1. The second-order valence-electron chi connectivity index (χ2n) is 4.89. The Morgan fingerprint density at radius 1 is 1.29 bits per heavy atom. The molecule has 1 aromatic heterocycles. The Balaban J connectivity index is 1.99. The SMILES string of the molecule is Cc1cc(C)c(OCC(=O)Nc2cccc(C)n2)c(Br)c1. The smallest absolute Gasteiger partial charge is 0.263 e. The third kappa shape index (κ3) is 4.29. The predicted molar refractivity (Wildman–Crippen MR) is 86.7 cm³/mol. The maximum atomic E-state index is 11.9. The number of hydrogen-bond donors (Lipinski definition) is 1. The number of anilines is 1. The zero-order valence-electron chi connectivity index (χ0n) is 12.2. The number of carbonyl (C=O) groups excluding carboxylic acids is 1. The van der Waals surface area contributed by atoms with Gasteiger partial charge in [-0.05, 0) is 66.0 Å². The molecule has 1 N–H and O–H groups in total. The molecule has 5 heteroatoms. The molecule has 0 aliphatic heterocycles. The lowest BCUT2D eigenvalue weighted by atomic mass is 10.1. The van der Waals surface area contributed by atoms with Crippen LogP contribution in [0.2, 0.25) is 0 Å². The average molecular weight is 349 g/mol. The van der Waals surface area contributed by atoms with Gasteiger partial charge in [0.25, 0.3) is 5.91 Å². The third-order valence-electron chi connectivity index (χ3n) is 2.88. The van der Waals surface area contributed by atoms with E-state index in [1.165, 1.54) is 0 Å². The predicted octanol–water partition coefficient (Wildman–Crippen LogP) is 3.79. The van der Waals surface area contributed by atoms with Crippen LogP contribution in [0.15, 0.2) is 34.8 Å². The number of nitrogens with zero attached hydrogens (tertiary/aromatic N) is 1. The summed E-state index contributed by atoms with van der Waals surface area (Å²) in [5.74, 6) is 0.983. The van der Waals surface area contributed by atoms with Crippen LogP contribution in [0.25, 0.3) is 0 Å². The van der Waals surface area contributed by atoms with Crippen molar-refractivity contribution >= 4 is 27.7 Å². The van der Waals surface area contributed by atoms with E-state index in [1.54, 1.807) is 6.07 Å². The number of aromatic nitrogens is 1. The van der Waals surface area contributed by atoms with Gasteiger partial charge in [-0.25, -0.2) is 4.98 Å². The fraction of sp³-hybridized carbons (Fsp3) is 0.250. The Bertz CT molecular complexity index is 648. The van der Waals surface area contributed by atoms with E-state index < -0.39 is 0 Å². The van der Waals surface area contributed by atoms with Crippen molar-refractivity contribution in [2.75, 3.05) is 11.9 Å². The summed E-state index contributed by atoms with van der Waals surface area (Å²) >= 11 is 3.46. The minimum absolute atomic E-state index is 0.0574. The number of benzene rings is 1. The topological polar surface area (TPSA) is 51.2 Å². The van der Waals surface area contributed by atoms with Crippen LogP contribution < -0.4 is 10.1 Å². The number of pyridine rings is 1. The first-order valence-corrected chi connectivity index (χ1v) is 7.38. The highest BCUT2D eigenvalue weighted by Crippen LogP contribution is 2.30. The van der Waals surface area contributed by atoms with Crippen LogP contribution in [0.5, 0.6) is 5.75 Å². The Hall–Kier alpha value is -1.88. The zero-order valence-corrected chi connectivity index (χ0v) is 13.8. The third-order valence-corrected chi connectivity index (χ3v) is 3.47. The molecule has 0 aliphatic rings. The summed E-state index contributed by atoms with van der Waals surface area (Å²) in [6.07, 6.45) is 0. The van der Waals surface area contributed by atoms with E-state index in [-0.39, 0.29) is 12.5 Å². The summed E-state index contributed by atoms with van der Waals surface area (Å²) in [5.41, 5.74) is 2.98. The standard InChI is InChI=1S/C16H17BrN2O2/c1-10-7-11(2)16(13(17)8-10)21-9-15(20)19-14-6-4-5-12(3)18-14/h4-8H,9H2,1-3H3,(H,18,19,20). The van der Waals surface area contributed by atoms with Crippen molar-refractivity contribution < 1.29 is 9.53 Å². The van der Waals surface area contributed by atoms with Gasteiger partial charge >= 0.3 is 0 Å². The van der Waals surface area contributed by atoms with Crippen LogP contribution >= 0.6 is 15.9 Å². The van der Waals surface area contributed by atoms with Gasteiger partial charge in [-0.15, -0.1) is 0 Å². The molecule has 1 heterocycles. The van der Waals surface area contributed by atoms with Crippen molar-refractivity contribution in [3.63, 3.8) is 0 Å². The molecule has 0 fully saturated rings. The molecule has 21 heavy (non-hydrogen) atoms. The summed E-state index contributed by atoms with van der Waals surface area (Å²) in [7, 11) is 0. The quantitative estimate of drug-likeness (QED) is 0.914. The highest BCUT2D eigenvalue weighted by molar-refractivity contribution is 9.10. The van der Waals surface area contributed by atoms with E-state index in [0.717, 1.165) is 21.3 Å². The van der Waals surface area contributed by atoms with Crippen LogP contribution in [-0.4, -0.2) is 17.5 Å². The molecule has 0 bridgehead atoms. The van der Waals surface area contributed by atoms with E-state index >= 15 is 0 Å². The first-order valence-electron chi connectivity index (χ1n) is 6.59. The van der Waals surface area contributed by atoms with Crippen LogP contribution in [0.3, 0.4) is 0 Å². The lowest BCUT2D eigenvalue weighted by molar-refractivity contribution is -0.118. The molecule has 0 saturated heterocycles. The average Bonchev–Trinajstić information content (AvgIpc) is 2.37. The molecule has 0 saturated carbocycles. The van der Waals surface area contributed by atoms with E-state index in [0.29, 0.717) is 11.6 Å². The molecule has 1 aromatic carbocycles. The molecular formula is C16H17BrN2O2. The van der Waals surface area contributed by atoms with E-state index in [1.807, 2.05) is 45.0 Å². The maximum absolute atomic E-state index is 11.9. The summed E-state index contributed by atoms with van der Waals surface area (Å²) in [6, 6.07) is 9.44. The van der Waals surface area contributed by atoms with E-state index in [4.69, 9.17) is 4.74 Å². The second-order valence-corrected chi connectivity index (χ2v) is 5.75. The fourth-order valence-electron chi connectivity index (χ4n) is 2.01. The summed E-state index contributed by atoms with van der Waals surface area (Å²) in [5, 5.41) is 2.71. The van der Waals surface area contributed by atoms with Crippen molar-refractivity contribution in [2.24, 2.45) is 0 Å². The zero-order chi connectivity index (χ0) is 15.4. The number of ether oxygens (including phenoxy) is 1. The van der Waals surface area contributed by atoms with Crippen LogP contribution in [0, 0.1) is 20.8 Å². The van der Waals surface area contributed by atoms with E-state index in [9.17, 15) is 4.79 Å². The largest absolute Gasteiger partial charge is 0.482 e. The number of carbonyl (C=O) groups is 1. The number of rotatable bonds is 4. The van der Waals surface area contributed by atoms with Gasteiger partial charge in [0, 0.05) is 5.69 Å². The van der Waals surface area contributed by atoms with Gasteiger partial charge in [-0.3, -0.25) is 4.79 Å². The molecule has 0 unspecified atom stereocenters. The molecule has 4 nitrogen and oxygen atoms in total. The molecule has 0 aliphatic carbocycles. The van der Waals surface area contributed by atoms with Crippen LogP contribution in [0.4, 0.5) is 5.82 Å². The van der Waals surface area contributed by atoms with Gasteiger partial charge < -0.3 is 10.1 Å². The van der Waals surface area contributed by atoms with Crippen molar-refractivity contribution in [3.8, 4) is 5.75 Å². The van der Waals surface area contributed by atoms with Crippen molar-refractivity contribution in [2.45, 2.75) is 20.8 Å². The number of aryl methyl sites for hydroxylation is 3. The van der Waals surface area contributed by atoms with Gasteiger partial charge in [-0.2, -0.15) is 0 Å². The Morgan fingerprint density at radius 2 is 2.05 bits per heavy atom. The number of amides is 1. The minimum Gasteiger partial charge on any atom is -0.482 e. The van der Waals surface area contributed by atoms with Crippen molar-refractivity contribution in [1.29, 1.82) is 0 Å². The van der Waals surface area contributed by atoms with Crippen LogP contribution in [-0.2, 0) is 4.79 Å². The lowest BCUT2D eigenvalue weighted by Crippen LogP contribution is -2.21. The maximum Gasteiger partial charge on any atom is 0.263 e. The highest BCUT2D eigenvalue weighted by Gasteiger charge is 2.10. The molecule has 2 aromatic rings. The molecule has 1 amide bonds. The van der Waals surface area contributed by atoms with Gasteiger partial charge in [-0.1, -0.05) is 12.1 Å². The molecular weight excluding hydrogens is 332 g/mol. The Labute approximate surface area is 132 Å². The van der Waals surface area contributed by atoms with Crippen LogP contribution in [0.1, 0.15) is 16.8 Å². The normalized spacial score (nSPS) is 10.3. The first kappa shape index (κ1) is 15.5. The van der Waals surface area contributed by atoms with E-state index in [2.05, 4.69) is 26.2 Å². The van der Waals surface area contributed by atoms with Gasteiger partial charge in [0.05, 0.1) is 4.47 Å². The molecule has 110 valence electrons. The molecule has 0 spiro atoms. The highest BCUT2D eigenvalue weighted by atomic mass is 79.9. The Morgan fingerprint density at radius 3 is 2.71 bits per heavy atom. The molecule has 0 radical (unpaired) electrons.